The zero-order valence-electron chi connectivity index (χ0n) is 4.74. The molecule has 0 rings (SSSR count). The van der Waals surface area contributed by atoms with Crippen molar-refractivity contribution in [2.45, 2.75) is 12.6 Å². The summed E-state index contributed by atoms with van der Waals surface area (Å²) in [6.07, 6.45) is -6.51. The van der Waals surface area contributed by atoms with Crippen LogP contribution in [-0.2, 0) is 4.79 Å². The number of halogens is 4. The fourth-order valence-electron chi connectivity index (χ4n) is 0.164. The molecule has 0 unspecified atom stereocenters. The molecule has 0 aliphatic heterocycles. The number of hydrogen-bond acceptors (Lipinski definition) is 2. The SMILES string of the molecule is O=C([O-])CC(F)(F)F.[Cl-].[Mg+2]. The molecule has 0 aliphatic carbocycles. The minimum atomic E-state index is -4.64. The molecule has 2 nitrogen and oxygen atoms in total. The first-order valence-electron chi connectivity index (χ1n) is 1.68. The first kappa shape index (κ1) is 16.7. The predicted octanol–water partition coefficient (Wildman–Crippen LogP) is -3.69. The van der Waals surface area contributed by atoms with Crippen LogP contribution in [0.3, 0.4) is 0 Å². The van der Waals surface area contributed by atoms with Crippen LogP contribution in [0.4, 0.5) is 13.2 Å². The van der Waals surface area contributed by atoms with E-state index in [-0.39, 0.29) is 35.5 Å². The molecule has 0 bridgehead atoms. The van der Waals surface area contributed by atoms with Crippen LogP contribution in [0.15, 0.2) is 0 Å². The van der Waals surface area contributed by atoms with E-state index in [9.17, 15) is 23.1 Å². The predicted molar refractivity (Wildman–Crippen MR) is 21.4 cm³/mol. The molecule has 7 heteroatoms. The molecule has 0 amide bonds. The summed E-state index contributed by atoms with van der Waals surface area (Å²) in [6.45, 7) is 0. The quantitative estimate of drug-likeness (QED) is 0.396. The van der Waals surface area contributed by atoms with E-state index in [0.717, 1.165) is 0 Å². The standard InChI is InChI=1S/C3H3F3O2.ClH.Mg/c4-3(5,6)1-2(7)8;;/h1H2,(H,7,8);1H;/q;;+2/p-2. The van der Waals surface area contributed by atoms with Gasteiger partial charge in [0.1, 0.15) is 0 Å². The number of carboxylic acid groups (broad SMARTS) is 1. The molecule has 56 valence electrons. The van der Waals surface area contributed by atoms with Gasteiger partial charge in [-0.1, -0.05) is 0 Å². The Morgan fingerprint density at radius 1 is 1.40 bits per heavy atom. The molecular formula is C3H2ClF3MgO2. The second-order valence-electron chi connectivity index (χ2n) is 1.16. The first-order valence-corrected chi connectivity index (χ1v) is 1.68. The van der Waals surface area contributed by atoms with Crippen molar-refractivity contribution >= 4 is 29.0 Å². The molecular weight excluding hydrogens is 185 g/mol. The summed E-state index contributed by atoms with van der Waals surface area (Å²) in [6, 6.07) is 0. The molecule has 0 aromatic carbocycles. The van der Waals surface area contributed by atoms with Crippen LogP contribution in [0.2, 0.25) is 0 Å². The molecule has 0 aromatic rings. The number of alkyl halides is 3. The van der Waals surface area contributed by atoms with Gasteiger partial charge in [-0.15, -0.1) is 0 Å². The van der Waals surface area contributed by atoms with Crippen LogP contribution in [0.25, 0.3) is 0 Å². The number of hydrogen-bond donors (Lipinski definition) is 0. The third-order valence-corrected chi connectivity index (χ3v) is 0.345. The molecule has 0 N–H and O–H groups in total. The number of carboxylic acids is 1. The number of carbonyl (C=O) groups excluding carboxylic acids is 1. The molecule has 0 heterocycles. The van der Waals surface area contributed by atoms with Gasteiger partial charge in [0.25, 0.3) is 0 Å². The molecule has 0 spiro atoms. The molecule has 0 radical (unpaired) electrons. The largest absolute Gasteiger partial charge is 2.00 e. The van der Waals surface area contributed by atoms with Crippen LogP contribution in [0.1, 0.15) is 6.42 Å². The molecule has 10 heavy (non-hydrogen) atoms. The summed E-state index contributed by atoms with van der Waals surface area (Å²) >= 11 is 0. The van der Waals surface area contributed by atoms with Gasteiger partial charge in [0.2, 0.25) is 0 Å². The van der Waals surface area contributed by atoms with E-state index in [1.807, 2.05) is 0 Å². The van der Waals surface area contributed by atoms with Crippen LogP contribution in [-0.4, -0.2) is 35.2 Å². The maximum Gasteiger partial charge on any atom is 2.00 e. The van der Waals surface area contributed by atoms with Crippen LogP contribution in [0, 0.1) is 0 Å². The van der Waals surface area contributed by atoms with Gasteiger partial charge < -0.3 is 22.3 Å². The minimum absolute atomic E-state index is 0. The van der Waals surface area contributed by atoms with E-state index in [1.54, 1.807) is 0 Å². The molecule has 0 aromatic heterocycles. The van der Waals surface area contributed by atoms with E-state index in [1.165, 1.54) is 0 Å². The van der Waals surface area contributed by atoms with Crippen molar-refractivity contribution in [2.24, 2.45) is 0 Å². The first-order chi connectivity index (χ1) is 3.42. The van der Waals surface area contributed by atoms with E-state index < -0.39 is 18.6 Å². The zero-order chi connectivity index (χ0) is 6.78. The Kier molecular flexibility index (Phi) is 10.1. The average Bonchev–Trinajstić information content (AvgIpc) is 1.21. The Morgan fingerprint density at radius 2 is 1.70 bits per heavy atom. The molecule has 0 saturated heterocycles. The Labute approximate surface area is 77.3 Å². The van der Waals surface area contributed by atoms with Crippen molar-refractivity contribution in [1.82, 2.24) is 0 Å². The van der Waals surface area contributed by atoms with Gasteiger partial charge in [-0.05, 0) is 0 Å². The fraction of sp³-hybridized carbons (Fsp3) is 0.667. The monoisotopic (exact) mass is 186 g/mol. The third-order valence-electron chi connectivity index (χ3n) is 0.345. The van der Waals surface area contributed by atoms with Gasteiger partial charge in [-0.3, -0.25) is 0 Å². The number of carbonyl (C=O) groups is 1. The Balaban J connectivity index is -0.000000245. The van der Waals surface area contributed by atoms with E-state index >= 15 is 0 Å². The average molecular weight is 187 g/mol. The van der Waals surface area contributed by atoms with Gasteiger partial charge in [-0.2, -0.15) is 13.2 Å². The Hall–Kier alpha value is 0.316. The van der Waals surface area contributed by atoms with E-state index in [4.69, 9.17) is 0 Å². The van der Waals surface area contributed by atoms with Crippen LogP contribution < -0.4 is 17.5 Å². The van der Waals surface area contributed by atoms with Gasteiger partial charge in [0.05, 0.1) is 12.4 Å². The summed E-state index contributed by atoms with van der Waals surface area (Å²) in [5, 5.41) is 9.18. The van der Waals surface area contributed by atoms with Crippen molar-refractivity contribution in [3.63, 3.8) is 0 Å². The number of aliphatic carboxylic acids is 1. The summed E-state index contributed by atoms with van der Waals surface area (Å²) < 4.78 is 32.7. The summed E-state index contributed by atoms with van der Waals surface area (Å²) in [5.41, 5.74) is 0. The summed E-state index contributed by atoms with van der Waals surface area (Å²) in [4.78, 5) is 9.18. The maximum absolute atomic E-state index is 10.9. The van der Waals surface area contributed by atoms with Crippen molar-refractivity contribution in [3.05, 3.63) is 0 Å². The van der Waals surface area contributed by atoms with E-state index in [2.05, 4.69) is 0 Å². The summed E-state index contributed by atoms with van der Waals surface area (Å²) in [5.74, 6) is -2.10. The van der Waals surface area contributed by atoms with E-state index in [0.29, 0.717) is 0 Å². The van der Waals surface area contributed by atoms with Gasteiger partial charge in [-0.25, -0.2) is 0 Å². The molecule has 0 atom stereocenters. The Bertz CT molecular complexity index is 104. The number of rotatable bonds is 1. The molecule has 0 fully saturated rings. The van der Waals surface area contributed by atoms with Crippen molar-refractivity contribution in [1.29, 1.82) is 0 Å². The summed E-state index contributed by atoms with van der Waals surface area (Å²) in [7, 11) is 0. The second kappa shape index (κ2) is 6.05. The molecule has 0 aliphatic rings. The van der Waals surface area contributed by atoms with Crippen LogP contribution >= 0.6 is 0 Å². The zero-order valence-corrected chi connectivity index (χ0v) is 6.91. The van der Waals surface area contributed by atoms with Gasteiger partial charge in [0.15, 0.2) is 0 Å². The van der Waals surface area contributed by atoms with Crippen molar-refractivity contribution < 1.29 is 35.5 Å². The van der Waals surface area contributed by atoms with Crippen LogP contribution in [0.5, 0.6) is 0 Å². The molecule has 0 saturated carbocycles. The fourth-order valence-corrected chi connectivity index (χ4v) is 0.164. The smallest absolute Gasteiger partial charge is 1.00 e. The third kappa shape index (κ3) is 15.8. The topological polar surface area (TPSA) is 40.1 Å². The van der Waals surface area contributed by atoms with Gasteiger partial charge >= 0.3 is 29.2 Å². The normalized spacial score (nSPS) is 9.10. The van der Waals surface area contributed by atoms with Crippen molar-refractivity contribution in [2.75, 3.05) is 0 Å². The second-order valence-corrected chi connectivity index (χ2v) is 1.16. The maximum atomic E-state index is 10.9. The minimum Gasteiger partial charge on any atom is -1.00 e. The van der Waals surface area contributed by atoms with Gasteiger partial charge in [0, 0.05) is 0 Å². The van der Waals surface area contributed by atoms with Crippen molar-refractivity contribution in [3.8, 4) is 0 Å². The Morgan fingerprint density at radius 3 is 1.70 bits per heavy atom.